The van der Waals surface area contributed by atoms with Crippen LogP contribution < -0.4 is 0 Å². The minimum absolute atomic E-state index is 0.0125. The number of hydrogen-bond donors (Lipinski definition) is 0. The van der Waals surface area contributed by atoms with E-state index in [4.69, 9.17) is 9.47 Å². The van der Waals surface area contributed by atoms with Gasteiger partial charge in [-0.25, -0.2) is 0 Å². The summed E-state index contributed by atoms with van der Waals surface area (Å²) in [5.41, 5.74) is 0.667. The zero-order chi connectivity index (χ0) is 15.6. The van der Waals surface area contributed by atoms with Gasteiger partial charge < -0.3 is 9.47 Å². The molecular weight excluding hydrogens is 270 g/mol. The number of methoxy groups -OCH3 is 2. The number of carbonyl (C=O) groups excluding carboxylic acids is 2. The first-order chi connectivity index (χ1) is 10.00. The van der Waals surface area contributed by atoms with Crippen molar-refractivity contribution < 1.29 is 19.1 Å². The van der Waals surface area contributed by atoms with Crippen molar-refractivity contribution in [2.75, 3.05) is 14.2 Å². The molecule has 0 aliphatic heterocycles. The van der Waals surface area contributed by atoms with Crippen LogP contribution in [0.25, 0.3) is 0 Å². The van der Waals surface area contributed by atoms with Crippen LogP contribution in [0.4, 0.5) is 0 Å². The maximum absolute atomic E-state index is 12.2. The summed E-state index contributed by atoms with van der Waals surface area (Å²) < 4.78 is 9.67. The predicted molar refractivity (Wildman–Crippen MR) is 74.7 cm³/mol. The average molecular weight is 289 g/mol. The third kappa shape index (κ3) is 2.35. The molecule has 5 heteroatoms. The van der Waals surface area contributed by atoms with E-state index < -0.39 is 17.4 Å². The Morgan fingerprint density at radius 2 is 1.95 bits per heavy atom. The molecule has 1 fully saturated rings. The van der Waals surface area contributed by atoms with Gasteiger partial charge in [-0.15, -0.1) is 0 Å². The van der Waals surface area contributed by atoms with Crippen molar-refractivity contribution in [3.05, 3.63) is 23.3 Å². The van der Waals surface area contributed by atoms with Crippen LogP contribution in [0.3, 0.4) is 0 Å². The Hall–Kier alpha value is -2.09. The number of hydrogen-bond acceptors (Lipinski definition) is 5. The van der Waals surface area contributed by atoms with Crippen molar-refractivity contribution in [3.63, 3.8) is 0 Å². The van der Waals surface area contributed by atoms with Crippen LogP contribution in [-0.4, -0.2) is 26.2 Å². The monoisotopic (exact) mass is 289 g/mol. The fraction of sp³-hybridized carbons (Fsp3) is 0.562. The van der Waals surface area contributed by atoms with E-state index in [-0.39, 0.29) is 18.3 Å². The zero-order valence-electron chi connectivity index (χ0n) is 12.5. The van der Waals surface area contributed by atoms with Gasteiger partial charge in [0.1, 0.15) is 0 Å². The predicted octanol–water partition coefficient (Wildman–Crippen LogP) is 2.14. The Morgan fingerprint density at radius 1 is 1.33 bits per heavy atom. The quantitative estimate of drug-likeness (QED) is 0.442. The largest absolute Gasteiger partial charge is 0.468 e. The van der Waals surface area contributed by atoms with E-state index in [0.29, 0.717) is 12.8 Å². The van der Waals surface area contributed by atoms with E-state index in [9.17, 15) is 14.9 Å². The van der Waals surface area contributed by atoms with Gasteiger partial charge in [0, 0.05) is 0 Å². The van der Waals surface area contributed by atoms with E-state index in [2.05, 4.69) is 6.07 Å². The van der Waals surface area contributed by atoms with Crippen LogP contribution >= 0.6 is 0 Å². The molecule has 0 aromatic carbocycles. The molecular formula is C16H19NO4. The maximum Gasteiger partial charge on any atom is 0.323 e. The Kier molecular flexibility index (Phi) is 4.17. The van der Waals surface area contributed by atoms with Crippen molar-refractivity contribution in [1.82, 2.24) is 0 Å². The summed E-state index contributed by atoms with van der Waals surface area (Å²) in [4.78, 5) is 24.4. The molecule has 0 unspecified atom stereocenters. The van der Waals surface area contributed by atoms with Crippen molar-refractivity contribution in [1.29, 1.82) is 5.26 Å². The molecule has 21 heavy (non-hydrogen) atoms. The van der Waals surface area contributed by atoms with Gasteiger partial charge in [-0.05, 0) is 32.1 Å². The molecule has 0 amide bonds. The maximum atomic E-state index is 12.2. The number of nitriles is 1. The summed E-state index contributed by atoms with van der Waals surface area (Å²) in [6.07, 6.45) is 5.23. The summed E-state index contributed by atoms with van der Waals surface area (Å²) in [7, 11) is 2.55. The number of allylic oxidation sites excluding steroid dienone is 4. The van der Waals surface area contributed by atoms with Gasteiger partial charge in [0.15, 0.2) is 5.41 Å². The van der Waals surface area contributed by atoms with Crippen molar-refractivity contribution in [2.24, 2.45) is 17.3 Å². The molecule has 2 aliphatic rings. The highest BCUT2D eigenvalue weighted by Gasteiger charge is 2.55. The summed E-state index contributed by atoms with van der Waals surface area (Å²) in [6.45, 7) is 1.91. The SMILES string of the molecule is COC(=O)C1(C(=O)OC)CC2=C(C)[C@H](C#N)CC=C[C@@H]2C1. The molecule has 2 atom stereocenters. The Bertz CT molecular complexity index is 551. The highest BCUT2D eigenvalue weighted by Crippen LogP contribution is 2.50. The molecule has 0 aromatic rings. The molecule has 2 aliphatic carbocycles. The number of carbonyl (C=O) groups is 2. The molecule has 0 heterocycles. The lowest BCUT2D eigenvalue weighted by Crippen LogP contribution is -2.39. The Morgan fingerprint density at radius 3 is 2.48 bits per heavy atom. The highest BCUT2D eigenvalue weighted by atomic mass is 16.5. The van der Waals surface area contributed by atoms with E-state index >= 15 is 0 Å². The molecule has 2 rings (SSSR count). The van der Waals surface area contributed by atoms with Gasteiger partial charge in [0.25, 0.3) is 0 Å². The van der Waals surface area contributed by atoms with E-state index in [1.54, 1.807) is 0 Å². The smallest absolute Gasteiger partial charge is 0.323 e. The van der Waals surface area contributed by atoms with Gasteiger partial charge >= 0.3 is 11.9 Å². The van der Waals surface area contributed by atoms with Crippen molar-refractivity contribution in [3.8, 4) is 6.07 Å². The first-order valence-corrected chi connectivity index (χ1v) is 6.92. The van der Waals surface area contributed by atoms with Gasteiger partial charge in [-0.1, -0.05) is 23.3 Å². The molecule has 5 nitrogen and oxygen atoms in total. The second kappa shape index (κ2) is 5.72. The highest BCUT2D eigenvalue weighted by molar-refractivity contribution is 6.01. The number of fused-ring (bicyclic) bond motifs is 1. The molecule has 112 valence electrons. The van der Waals surface area contributed by atoms with Gasteiger partial charge in [-0.3, -0.25) is 9.59 Å². The van der Waals surface area contributed by atoms with Gasteiger partial charge in [0.05, 0.1) is 26.2 Å². The third-order valence-corrected chi connectivity index (χ3v) is 4.59. The molecule has 0 saturated heterocycles. The summed E-state index contributed by atoms with van der Waals surface area (Å²) in [5.74, 6) is -1.34. The van der Waals surface area contributed by atoms with Crippen LogP contribution in [0.2, 0.25) is 0 Å². The van der Waals surface area contributed by atoms with Gasteiger partial charge in [-0.2, -0.15) is 5.26 Å². The lowest BCUT2D eigenvalue weighted by atomic mass is 9.84. The number of ether oxygens (including phenoxy) is 2. The fourth-order valence-electron chi connectivity index (χ4n) is 3.36. The normalized spacial score (nSPS) is 26.6. The summed E-state index contributed by atoms with van der Waals surface area (Å²) in [6, 6.07) is 2.28. The zero-order valence-corrected chi connectivity index (χ0v) is 12.5. The molecule has 0 N–H and O–H groups in total. The van der Waals surface area contributed by atoms with Crippen LogP contribution in [0.5, 0.6) is 0 Å². The molecule has 0 spiro atoms. The second-order valence-corrected chi connectivity index (χ2v) is 5.61. The Labute approximate surface area is 124 Å². The van der Waals surface area contributed by atoms with Crippen LogP contribution in [0.1, 0.15) is 26.2 Å². The average Bonchev–Trinajstić information content (AvgIpc) is 2.83. The van der Waals surface area contributed by atoms with Gasteiger partial charge in [0.2, 0.25) is 0 Å². The van der Waals surface area contributed by atoms with Crippen LogP contribution in [0, 0.1) is 28.6 Å². The van der Waals surface area contributed by atoms with Crippen molar-refractivity contribution >= 4 is 11.9 Å². The lowest BCUT2D eigenvalue weighted by Gasteiger charge is -2.22. The lowest BCUT2D eigenvalue weighted by molar-refractivity contribution is -0.168. The van der Waals surface area contributed by atoms with E-state index in [0.717, 1.165) is 11.1 Å². The van der Waals surface area contributed by atoms with Crippen LogP contribution in [-0.2, 0) is 19.1 Å². The molecule has 1 saturated carbocycles. The summed E-state index contributed by atoms with van der Waals surface area (Å²) in [5, 5.41) is 9.25. The van der Waals surface area contributed by atoms with Crippen molar-refractivity contribution in [2.45, 2.75) is 26.2 Å². The first kappa shape index (κ1) is 15.3. The van der Waals surface area contributed by atoms with E-state index in [1.165, 1.54) is 14.2 Å². The summed E-state index contributed by atoms with van der Waals surface area (Å²) >= 11 is 0. The minimum Gasteiger partial charge on any atom is -0.468 e. The van der Waals surface area contributed by atoms with Crippen LogP contribution in [0.15, 0.2) is 23.3 Å². The topological polar surface area (TPSA) is 76.4 Å². The van der Waals surface area contributed by atoms with E-state index in [1.807, 2.05) is 19.1 Å². The fourth-order valence-corrected chi connectivity index (χ4v) is 3.36. The molecule has 0 aromatic heterocycles. The minimum atomic E-state index is -1.29. The number of esters is 2. The standard InChI is InChI=1S/C16H19NO4/c1-10-12(9-17)6-4-5-11-7-16(8-13(10)11,14(18)20-2)15(19)21-3/h4-5,11-12H,6-8H2,1-3H3/t11-,12+/m1/s1. The number of rotatable bonds is 2. The Balaban J connectivity index is 2.49. The third-order valence-electron chi connectivity index (χ3n) is 4.59. The molecule has 0 radical (unpaired) electrons. The first-order valence-electron chi connectivity index (χ1n) is 6.92. The molecule has 0 bridgehead atoms. The number of nitrogens with zero attached hydrogens (tertiary/aromatic N) is 1. The second-order valence-electron chi connectivity index (χ2n) is 5.61.